The summed E-state index contributed by atoms with van der Waals surface area (Å²) in [6, 6.07) is 11.8. The maximum Gasteiger partial charge on any atom is 0.258 e. The second-order valence-corrected chi connectivity index (χ2v) is 5.98. The summed E-state index contributed by atoms with van der Waals surface area (Å²) in [4.78, 5) is 21.0. The van der Waals surface area contributed by atoms with Gasteiger partial charge in [0.2, 0.25) is 0 Å². The fraction of sp³-hybridized carbons (Fsp3) is 0.263. The van der Waals surface area contributed by atoms with Crippen molar-refractivity contribution in [3.05, 3.63) is 59.9 Å². The van der Waals surface area contributed by atoms with Crippen LogP contribution >= 0.6 is 0 Å². The molecule has 118 valence electrons. The lowest BCUT2D eigenvalue weighted by atomic mass is 10.1. The normalized spacial score (nSPS) is 15.5. The molecule has 1 aliphatic heterocycles. The van der Waals surface area contributed by atoms with E-state index in [1.807, 2.05) is 61.5 Å². The number of carbonyl (C=O) groups is 1. The number of anilines is 1. The highest BCUT2D eigenvalue weighted by Crippen LogP contribution is 2.37. The number of carbonyl (C=O) groups excluding carboxylic acids is 1. The number of fused-ring (bicyclic) bond motifs is 1. The molecule has 1 aliphatic rings. The molecule has 0 N–H and O–H groups in total. The number of rotatable bonds is 5. The predicted molar refractivity (Wildman–Crippen MR) is 94.1 cm³/mol. The molecule has 0 fully saturated rings. The van der Waals surface area contributed by atoms with Gasteiger partial charge in [0.1, 0.15) is 0 Å². The van der Waals surface area contributed by atoms with E-state index in [2.05, 4.69) is 9.88 Å². The number of amides is 1. The second kappa shape index (κ2) is 6.75. The number of para-hydroxylation sites is 1. The zero-order valence-electron chi connectivity index (χ0n) is 13.6. The van der Waals surface area contributed by atoms with Gasteiger partial charge in [0.15, 0.2) is 0 Å². The molecule has 23 heavy (non-hydrogen) atoms. The Morgan fingerprint density at radius 1 is 1.17 bits per heavy atom. The van der Waals surface area contributed by atoms with E-state index in [0.717, 1.165) is 41.9 Å². The Labute approximate surface area is 137 Å². The van der Waals surface area contributed by atoms with Crippen molar-refractivity contribution >= 4 is 23.2 Å². The van der Waals surface area contributed by atoms with E-state index in [4.69, 9.17) is 0 Å². The van der Waals surface area contributed by atoms with E-state index in [1.54, 1.807) is 12.4 Å². The number of aromatic nitrogens is 1. The van der Waals surface area contributed by atoms with Crippen LogP contribution in [0.3, 0.4) is 0 Å². The Morgan fingerprint density at radius 3 is 2.74 bits per heavy atom. The van der Waals surface area contributed by atoms with Gasteiger partial charge in [-0.25, -0.2) is 0 Å². The number of hydrogen-bond donors (Lipinski definition) is 0. The molecule has 4 nitrogen and oxygen atoms in total. The molecule has 0 atom stereocenters. The highest BCUT2D eigenvalue weighted by Gasteiger charge is 2.31. The van der Waals surface area contributed by atoms with Crippen molar-refractivity contribution < 1.29 is 4.79 Å². The van der Waals surface area contributed by atoms with Gasteiger partial charge < -0.3 is 9.80 Å². The van der Waals surface area contributed by atoms with E-state index in [-0.39, 0.29) is 5.91 Å². The van der Waals surface area contributed by atoms with Crippen LogP contribution in [0.1, 0.15) is 17.5 Å². The molecule has 2 heterocycles. The lowest BCUT2D eigenvalue weighted by Crippen LogP contribution is -2.29. The fourth-order valence-electron chi connectivity index (χ4n) is 2.84. The number of nitrogens with zero attached hydrogens (tertiary/aromatic N) is 3. The van der Waals surface area contributed by atoms with Crippen molar-refractivity contribution in [3.8, 4) is 0 Å². The molecule has 0 saturated carbocycles. The Hall–Kier alpha value is -2.46. The molecular formula is C19H21N3O. The first-order valence-electron chi connectivity index (χ1n) is 7.84. The van der Waals surface area contributed by atoms with Crippen LogP contribution in [0, 0.1) is 0 Å². The number of hydrogen-bond acceptors (Lipinski definition) is 3. The van der Waals surface area contributed by atoms with Gasteiger partial charge in [-0.1, -0.05) is 24.3 Å². The highest BCUT2D eigenvalue weighted by molar-refractivity contribution is 6.35. The van der Waals surface area contributed by atoms with Crippen LogP contribution in [0.25, 0.3) is 11.6 Å². The summed E-state index contributed by atoms with van der Waals surface area (Å²) in [6.45, 7) is 1.70. The van der Waals surface area contributed by atoms with Crippen LogP contribution in [0.15, 0.2) is 48.8 Å². The highest BCUT2D eigenvalue weighted by atomic mass is 16.2. The molecule has 4 heteroatoms. The smallest absolute Gasteiger partial charge is 0.258 e. The molecule has 0 radical (unpaired) electrons. The van der Waals surface area contributed by atoms with E-state index in [9.17, 15) is 4.79 Å². The quantitative estimate of drug-likeness (QED) is 0.797. The third-order valence-corrected chi connectivity index (χ3v) is 3.94. The summed E-state index contributed by atoms with van der Waals surface area (Å²) >= 11 is 0. The lowest BCUT2D eigenvalue weighted by molar-refractivity contribution is -0.113. The maximum atomic E-state index is 12.9. The topological polar surface area (TPSA) is 36.4 Å². The van der Waals surface area contributed by atoms with Crippen molar-refractivity contribution in [1.82, 2.24) is 9.88 Å². The lowest BCUT2D eigenvalue weighted by Gasteiger charge is -2.18. The molecule has 0 aliphatic carbocycles. The number of pyridine rings is 1. The fourth-order valence-corrected chi connectivity index (χ4v) is 2.84. The van der Waals surface area contributed by atoms with Crippen molar-refractivity contribution in [2.24, 2.45) is 0 Å². The average molecular weight is 307 g/mol. The summed E-state index contributed by atoms with van der Waals surface area (Å²) in [5, 5.41) is 0. The molecule has 1 amide bonds. The third kappa shape index (κ3) is 3.32. The van der Waals surface area contributed by atoms with Crippen LogP contribution in [0.5, 0.6) is 0 Å². The molecular weight excluding hydrogens is 286 g/mol. The summed E-state index contributed by atoms with van der Waals surface area (Å²) < 4.78 is 0. The average Bonchev–Trinajstić information content (AvgIpc) is 2.81. The molecule has 0 saturated heterocycles. The minimum atomic E-state index is 0.0776. The first-order chi connectivity index (χ1) is 11.2. The largest absolute Gasteiger partial charge is 0.309 e. The van der Waals surface area contributed by atoms with Crippen LogP contribution in [0.2, 0.25) is 0 Å². The van der Waals surface area contributed by atoms with Crippen molar-refractivity contribution in [2.45, 2.75) is 6.42 Å². The molecule has 0 spiro atoms. The van der Waals surface area contributed by atoms with Crippen molar-refractivity contribution in [3.63, 3.8) is 0 Å². The molecule has 2 aromatic rings. The van der Waals surface area contributed by atoms with Gasteiger partial charge in [0.25, 0.3) is 5.91 Å². The Balaban J connectivity index is 1.91. The SMILES string of the molecule is CN(C)CCCN1C(=O)C(=Cc2cccnc2)c2ccccc21. The first-order valence-corrected chi connectivity index (χ1v) is 7.84. The number of benzene rings is 1. The molecule has 3 rings (SSSR count). The summed E-state index contributed by atoms with van der Waals surface area (Å²) in [5.41, 5.74) is 3.71. The van der Waals surface area contributed by atoms with Gasteiger partial charge in [-0.3, -0.25) is 9.78 Å². The second-order valence-electron chi connectivity index (χ2n) is 5.98. The third-order valence-electron chi connectivity index (χ3n) is 3.94. The van der Waals surface area contributed by atoms with E-state index < -0.39 is 0 Å². The van der Waals surface area contributed by atoms with Crippen LogP contribution in [-0.2, 0) is 4.79 Å². The standard InChI is InChI=1S/C19H21N3O/c1-21(2)11-6-12-22-18-9-4-3-8-16(18)17(19(22)23)13-15-7-5-10-20-14-15/h3-5,7-10,13-14H,6,11-12H2,1-2H3. The van der Waals surface area contributed by atoms with Crippen LogP contribution in [0.4, 0.5) is 5.69 Å². The molecule has 0 bridgehead atoms. The minimum Gasteiger partial charge on any atom is -0.309 e. The van der Waals surface area contributed by atoms with E-state index in [1.165, 1.54) is 0 Å². The Bertz CT molecular complexity index is 722. The summed E-state index contributed by atoms with van der Waals surface area (Å²) in [7, 11) is 4.10. The van der Waals surface area contributed by atoms with Gasteiger partial charge in [0, 0.05) is 30.1 Å². The zero-order valence-corrected chi connectivity index (χ0v) is 13.6. The van der Waals surface area contributed by atoms with Gasteiger partial charge in [0.05, 0.1) is 5.69 Å². The Morgan fingerprint density at radius 2 is 2.00 bits per heavy atom. The molecule has 1 aromatic carbocycles. The van der Waals surface area contributed by atoms with Crippen LogP contribution in [-0.4, -0.2) is 43.0 Å². The van der Waals surface area contributed by atoms with Crippen LogP contribution < -0.4 is 4.90 Å². The predicted octanol–water partition coefficient (Wildman–Crippen LogP) is 2.92. The first kappa shape index (κ1) is 15.4. The molecule has 0 unspecified atom stereocenters. The van der Waals surface area contributed by atoms with Gasteiger partial charge >= 0.3 is 0 Å². The van der Waals surface area contributed by atoms with Gasteiger partial charge in [-0.2, -0.15) is 0 Å². The zero-order chi connectivity index (χ0) is 16.2. The van der Waals surface area contributed by atoms with E-state index >= 15 is 0 Å². The summed E-state index contributed by atoms with van der Waals surface area (Å²) in [5.74, 6) is 0.0776. The monoisotopic (exact) mass is 307 g/mol. The van der Waals surface area contributed by atoms with E-state index in [0.29, 0.717) is 0 Å². The maximum absolute atomic E-state index is 12.9. The Kier molecular flexibility index (Phi) is 4.53. The van der Waals surface area contributed by atoms with Crippen molar-refractivity contribution in [2.75, 3.05) is 32.1 Å². The minimum absolute atomic E-state index is 0.0776. The van der Waals surface area contributed by atoms with Gasteiger partial charge in [-0.15, -0.1) is 0 Å². The molecule has 1 aromatic heterocycles. The van der Waals surface area contributed by atoms with Gasteiger partial charge in [-0.05, 0) is 50.8 Å². The van der Waals surface area contributed by atoms with Crippen molar-refractivity contribution in [1.29, 1.82) is 0 Å². The summed E-state index contributed by atoms with van der Waals surface area (Å²) in [6.07, 6.45) is 6.39.